The monoisotopic (exact) mass is 343 g/mol. The summed E-state index contributed by atoms with van der Waals surface area (Å²) in [6.45, 7) is 8.30. The van der Waals surface area contributed by atoms with Gasteiger partial charge in [0.1, 0.15) is 0 Å². The lowest BCUT2D eigenvalue weighted by Crippen LogP contribution is -2.30. The van der Waals surface area contributed by atoms with E-state index in [2.05, 4.69) is 48.0 Å². The summed E-state index contributed by atoms with van der Waals surface area (Å²) in [5.74, 6) is 1.26. The number of aromatic nitrogens is 2. The number of carbonyl (C=O) groups is 1. The Balaban J connectivity index is 1.52. The summed E-state index contributed by atoms with van der Waals surface area (Å²) in [4.78, 5) is 14.7. The zero-order valence-electron chi connectivity index (χ0n) is 14.7. The van der Waals surface area contributed by atoms with E-state index in [1.807, 2.05) is 5.38 Å². The van der Waals surface area contributed by atoms with E-state index in [9.17, 15) is 4.79 Å². The summed E-state index contributed by atoms with van der Waals surface area (Å²) in [5, 5.41) is 9.03. The van der Waals surface area contributed by atoms with Crippen LogP contribution in [0.5, 0.6) is 0 Å². The fourth-order valence-electron chi connectivity index (χ4n) is 3.97. The van der Waals surface area contributed by atoms with Gasteiger partial charge in [0.05, 0.1) is 17.7 Å². The zero-order chi connectivity index (χ0) is 16.9. The number of hydrogen-bond acceptors (Lipinski definition) is 3. The number of hydrogen-bond donors (Lipinski definition) is 0. The predicted octanol–water partition coefficient (Wildman–Crippen LogP) is 3.43. The molecule has 2 atom stereocenters. The molecule has 2 aliphatic rings. The van der Waals surface area contributed by atoms with E-state index in [1.54, 1.807) is 11.3 Å². The van der Waals surface area contributed by atoms with Gasteiger partial charge in [-0.3, -0.25) is 9.48 Å². The topological polar surface area (TPSA) is 38.1 Å². The lowest BCUT2D eigenvalue weighted by atomic mass is 9.81. The van der Waals surface area contributed by atoms with Crippen LogP contribution in [0.4, 0.5) is 0 Å². The molecule has 1 aliphatic heterocycles. The molecule has 128 valence electrons. The second-order valence-corrected chi connectivity index (χ2v) is 8.95. The molecule has 0 saturated carbocycles. The lowest BCUT2D eigenvalue weighted by Gasteiger charge is -2.22. The van der Waals surface area contributed by atoms with Crippen molar-refractivity contribution in [2.75, 3.05) is 13.1 Å². The maximum atomic E-state index is 12.6. The second-order valence-electron chi connectivity index (χ2n) is 8.17. The standard InChI is InChI=1S/C19H25N3OS/c1-19(2,3)22-10-15-5-4-14-9-21(11-16(14)18(15)20-22)17(23)8-13-6-7-24-12-13/h6-7,10,12,14,16H,4-5,8-9,11H2,1-3H3/t14-,16+/m1/s1. The predicted molar refractivity (Wildman–Crippen MR) is 96.4 cm³/mol. The number of rotatable bonds is 2. The summed E-state index contributed by atoms with van der Waals surface area (Å²) in [6.07, 6.45) is 5.03. The van der Waals surface area contributed by atoms with Crippen LogP contribution in [0.15, 0.2) is 23.0 Å². The minimum Gasteiger partial charge on any atom is -0.341 e. The Kier molecular flexibility index (Phi) is 3.79. The third kappa shape index (κ3) is 2.79. The van der Waals surface area contributed by atoms with Gasteiger partial charge in [0.15, 0.2) is 0 Å². The highest BCUT2D eigenvalue weighted by Crippen LogP contribution is 2.41. The number of nitrogens with zero attached hydrogens (tertiary/aromatic N) is 3. The van der Waals surface area contributed by atoms with E-state index < -0.39 is 0 Å². The van der Waals surface area contributed by atoms with Gasteiger partial charge in [-0.25, -0.2) is 0 Å². The first kappa shape index (κ1) is 15.9. The number of amides is 1. The Morgan fingerprint density at radius 3 is 2.92 bits per heavy atom. The highest BCUT2D eigenvalue weighted by molar-refractivity contribution is 7.08. The fraction of sp³-hybridized carbons (Fsp3) is 0.579. The first-order valence-corrected chi connectivity index (χ1v) is 9.74. The van der Waals surface area contributed by atoms with Gasteiger partial charge in [0.25, 0.3) is 0 Å². The molecule has 4 rings (SSSR count). The van der Waals surface area contributed by atoms with E-state index in [0.29, 0.717) is 18.3 Å². The quantitative estimate of drug-likeness (QED) is 0.838. The molecule has 0 unspecified atom stereocenters. The third-order valence-electron chi connectivity index (χ3n) is 5.37. The van der Waals surface area contributed by atoms with E-state index in [-0.39, 0.29) is 11.4 Å². The fourth-order valence-corrected chi connectivity index (χ4v) is 4.64. The highest BCUT2D eigenvalue weighted by atomic mass is 32.1. The lowest BCUT2D eigenvalue weighted by molar-refractivity contribution is -0.129. The molecular formula is C19H25N3OS. The van der Waals surface area contributed by atoms with Gasteiger partial charge in [-0.1, -0.05) is 0 Å². The number of likely N-dealkylation sites (tertiary alicyclic amines) is 1. The molecule has 3 heterocycles. The molecule has 1 fully saturated rings. The van der Waals surface area contributed by atoms with Crippen molar-refractivity contribution in [3.63, 3.8) is 0 Å². The number of thiophene rings is 1. The maximum absolute atomic E-state index is 12.6. The Labute approximate surface area is 147 Å². The average molecular weight is 343 g/mol. The van der Waals surface area contributed by atoms with Crippen molar-refractivity contribution >= 4 is 17.2 Å². The summed E-state index contributed by atoms with van der Waals surface area (Å²) in [5.41, 5.74) is 3.78. The maximum Gasteiger partial charge on any atom is 0.227 e. The van der Waals surface area contributed by atoms with E-state index >= 15 is 0 Å². The Bertz CT molecular complexity index is 741. The molecule has 24 heavy (non-hydrogen) atoms. The molecule has 1 saturated heterocycles. The van der Waals surface area contributed by atoms with Crippen molar-refractivity contribution < 1.29 is 4.79 Å². The van der Waals surface area contributed by atoms with Crippen LogP contribution in [0, 0.1) is 5.92 Å². The molecule has 4 nitrogen and oxygen atoms in total. The first-order chi connectivity index (χ1) is 11.4. The van der Waals surface area contributed by atoms with Crippen molar-refractivity contribution in [3.8, 4) is 0 Å². The van der Waals surface area contributed by atoms with Gasteiger partial charge in [-0.05, 0) is 67.5 Å². The van der Waals surface area contributed by atoms with E-state index in [0.717, 1.165) is 25.1 Å². The molecule has 2 aromatic heterocycles. The molecule has 0 N–H and O–H groups in total. The third-order valence-corrected chi connectivity index (χ3v) is 6.11. The van der Waals surface area contributed by atoms with Crippen LogP contribution >= 0.6 is 11.3 Å². The SMILES string of the molecule is CC(C)(C)n1cc2c(n1)[C@H]1CN(C(=O)Cc3ccsc3)C[C@H]1CC2. The van der Waals surface area contributed by atoms with Crippen LogP contribution in [-0.4, -0.2) is 33.7 Å². The molecule has 0 spiro atoms. The highest BCUT2D eigenvalue weighted by Gasteiger charge is 2.41. The van der Waals surface area contributed by atoms with Gasteiger partial charge in [0.2, 0.25) is 5.91 Å². The number of aryl methyl sites for hydroxylation is 1. The molecular weight excluding hydrogens is 318 g/mol. The molecule has 2 aromatic rings. The van der Waals surface area contributed by atoms with Crippen LogP contribution in [0.2, 0.25) is 0 Å². The Morgan fingerprint density at radius 1 is 1.38 bits per heavy atom. The van der Waals surface area contributed by atoms with Gasteiger partial charge in [-0.15, -0.1) is 0 Å². The van der Waals surface area contributed by atoms with Gasteiger partial charge in [-0.2, -0.15) is 16.4 Å². The number of fused-ring (bicyclic) bond motifs is 3. The van der Waals surface area contributed by atoms with Crippen molar-refractivity contribution in [2.24, 2.45) is 5.92 Å². The molecule has 1 aliphatic carbocycles. The summed E-state index contributed by atoms with van der Waals surface area (Å²) in [6, 6.07) is 2.05. The van der Waals surface area contributed by atoms with E-state index in [1.165, 1.54) is 17.7 Å². The second kappa shape index (κ2) is 5.73. The van der Waals surface area contributed by atoms with Gasteiger partial charge < -0.3 is 4.90 Å². The van der Waals surface area contributed by atoms with Crippen molar-refractivity contribution in [1.82, 2.24) is 14.7 Å². The number of carbonyl (C=O) groups excluding carboxylic acids is 1. The zero-order valence-corrected chi connectivity index (χ0v) is 15.5. The van der Waals surface area contributed by atoms with E-state index in [4.69, 9.17) is 5.10 Å². The summed E-state index contributed by atoms with van der Waals surface area (Å²) >= 11 is 1.66. The van der Waals surface area contributed by atoms with Crippen LogP contribution < -0.4 is 0 Å². The average Bonchev–Trinajstić information content (AvgIpc) is 3.23. The smallest absolute Gasteiger partial charge is 0.227 e. The largest absolute Gasteiger partial charge is 0.341 e. The van der Waals surface area contributed by atoms with Crippen LogP contribution in [0.25, 0.3) is 0 Å². The molecule has 5 heteroatoms. The Hall–Kier alpha value is -1.62. The molecule has 0 aromatic carbocycles. The minimum absolute atomic E-state index is 0.0138. The van der Waals surface area contributed by atoms with Crippen LogP contribution in [-0.2, 0) is 23.2 Å². The summed E-state index contributed by atoms with van der Waals surface area (Å²) in [7, 11) is 0. The van der Waals surface area contributed by atoms with Gasteiger partial charge >= 0.3 is 0 Å². The van der Waals surface area contributed by atoms with Gasteiger partial charge in [0, 0.05) is 25.2 Å². The van der Waals surface area contributed by atoms with Crippen molar-refractivity contribution in [3.05, 3.63) is 39.8 Å². The molecule has 0 radical (unpaired) electrons. The summed E-state index contributed by atoms with van der Waals surface area (Å²) < 4.78 is 2.11. The molecule has 1 amide bonds. The molecule has 0 bridgehead atoms. The van der Waals surface area contributed by atoms with Crippen molar-refractivity contribution in [1.29, 1.82) is 0 Å². The van der Waals surface area contributed by atoms with Crippen LogP contribution in [0.3, 0.4) is 0 Å². The van der Waals surface area contributed by atoms with Crippen LogP contribution in [0.1, 0.15) is 49.9 Å². The minimum atomic E-state index is 0.0138. The normalized spacial score (nSPS) is 23.2. The Morgan fingerprint density at radius 2 is 2.21 bits per heavy atom. The first-order valence-electron chi connectivity index (χ1n) is 8.79. The van der Waals surface area contributed by atoms with Crippen molar-refractivity contribution in [2.45, 2.75) is 51.5 Å².